The summed E-state index contributed by atoms with van der Waals surface area (Å²) in [6.07, 6.45) is -4.83. The molecule has 0 amide bonds. The lowest BCUT2D eigenvalue weighted by molar-refractivity contribution is -0.274. The highest BCUT2D eigenvalue weighted by molar-refractivity contribution is 7.89. The Labute approximate surface area is 131 Å². The van der Waals surface area contributed by atoms with Crippen molar-refractivity contribution in [3.8, 4) is 5.75 Å². The zero-order chi connectivity index (χ0) is 17.5. The molecule has 0 atom stereocenters. The van der Waals surface area contributed by atoms with Crippen LogP contribution in [0.15, 0.2) is 29.3 Å². The largest absolute Gasteiger partial charge is 0.573 e. The van der Waals surface area contributed by atoms with E-state index in [9.17, 15) is 21.6 Å². The zero-order valence-corrected chi connectivity index (χ0v) is 13.0. The van der Waals surface area contributed by atoms with Crippen LogP contribution in [0.1, 0.15) is 6.92 Å². The van der Waals surface area contributed by atoms with Gasteiger partial charge in [-0.25, -0.2) is 13.1 Å². The Morgan fingerprint density at radius 3 is 2.61 bits per heavy atom. The predicted molar refractivity (Wildman–Crippen MR) is 80.7 cm³/mol. The molecule has 1 aromatic carbocycles. The highest BCUT2D eigenvalue weighted by Gasteiger charge is 2.32. The van der Waals surface area contributed by atoms with E-state index in [2.05, 4.69) is 19.8 Å². The molecule has 23 heavy (non-hydrogen) atoms. The number of anilines is 1. The molecule has 0 aliphatic carbocycles. The number of ether oxygens (including phenoxy) is 1. The quantitative estimate of drug-likeness (QED) is 0.388. The average molecular weight is 354 g/mol. The second-order valence-electron chi connectivity index (χ2n) is 4.23. The van der Waals surface area contributed by atoms with E-state index >= 15 is 0 Å². The number of aliphatic imine (C=N–C) groups is 1. The van der Waals surface area contributed by atoms with E-state index in [0.717, 1.165) is 6.07 Å². The van der Waals surface area contributed by atoms with E-state index in [-0.39, 0.29) is 30.5 Å². The molecular weight excluding hydrogens is 337 g/mol. The van der Waals surface area contributed by atoms with Crippen LogP contribution in [0.25, 0.3) is 0 Å². The van der Waals surface area contributed by atoms with Crippen LogP contribution < -0.4 is 20.5 Å². The third kappa shape index (κ3) is 7.70. The lowest BCUT2D eigenvalue weighted by Crippen LogP contribution is -2.29. The standard InChI is InChI=1S/C12H17F3N4O3S/c1-2-23(20,21)18-8-7-17-11(16)19-9-5-3-4-6-10(9)22-12(13,14)15/h3-6,18H,2,7-8H2,1H3,(H3,16,17,19). The number of nitrogens with one attached hydrogen (secondary N) is 2. The number of nitrogens with zero attached hydrogens (tertiary/aromatic N) is 1. The number of hydrogen-bond donors (Lipinski definition) is 3. The molecule has 0 saturated carbocycles. The number of benzene rings is 1. The Morgan fingerprint density at radius 2 is 2.00 bits per heavy atom. The molecule has 0 aliphatic rings. The second kappa shape index (κ2) is 8.02. The van der Waals surface area contributed by atoms with E-state index in [1.807, 2.05) is 0 Å². The van der Waals surface area contributed by atoms with Crippen LogP contribution in [-0.4, -0.2) is 39.6 Å². The maximum Gasteiger partial charge on any atom is 0.573 e. The summed E-state index contributed by atoms with van der Waals surface area (Å²) in [5.74, 6) is -0.684. The minimum Gasteiger partial charge on any atom is -0.404 e. The van der Waals surface area contributed by atoms with E-state index in [1.165, 1.54) is 25.1 Å². The number of rotatable bonds is 7. The number of sulfonamides is 1. The van der Waals surface area contributed by atoms with Crippen LogP contribution in [0, 0.1) is 0 Å². The van der Waals surface area contributed by atoms with Crippen molar-refractivity contribution in [2.75, 3.05) is 24.2 Å². The van der Waals surface area contributed by atoms with E-state index in [0.29, 0.717) is 0 Å². The summed E-state index contributed by atoms with van der Waals surface area (Å²) < 4.78 is 65.3. The van der Waals surface area contributed by atoms with Gasteiger partial charge in [0.05, 0.1) is 18.0 Å². The zero-order valence-electron chi connectivity index (χ0n) is 12.2. The Kier molecular flexibility index (Phi) is 6.63. The van der Waals surface area contributed by atoms with Crippen molar-refractivity contribution >= 4 is 21.7 Å². The Bertz CT molecular complexity index is 647. The molecule has 11 heteroatoms. The Balaban J connectivity index is 2.63. The minimum atomic E-state index is -4.83. The van der Waals surface area contributed by atoms with Crippen LogP contribution >= 0.6 is 0 Å². The number of guanidine groups is 1. The number of nitrogens with two attached hydrogens (primary N) is 1. The summed E-state index contributed by atoms with van der Waals surface area (Å²) >= 11 is 0. The molecule has 0 aliphatic heterocycles. The molecule has 7 nitrogen and oxygen atoms in total. The number of para-hydroxylation sites is 2. The Morgan fingerprint density at radius 1 is 1.35 bits per heavy atom. The van der Waals surface area contributed by atoms with Crippen molar-refractivity contribution in [2.24, 2.45) is 10.7 Å². The molecule has 0 aromatic heterocycles. The van der Waals surface area contributed by atoms with E-state index in [1.54, 1.807) is 0 Å². The van der Waals surface area contributed by atoms with Crippen LogP contribution in [0.2, 0.25) is 0 Å². The fraction of sp³-hybridized carbons (Fsp3) is 0.417. The van der Waals surface area contributed by atoms with Gasteiger partial charge in [-0.05, 0) is 19.1 Å². The summed E-state index contributed by atoms with van der Waals surface area (Å²) in [6, 6.07) is 5.33. The highest BCUT2D eigenvalue weighted by atomic mass is 32.2. The lowest BCUT2D eigenvalue weighted by Gasteiger charge is -2.14. The van der Waals surface area contributed by atoms with Crippen LogP contribution in [0.4, 0.5) is 18.9 Å². The van der Waals surface area contributed by atoms with Gasteiger partial charge in [0.1, 0.15) is 0 Å². The smallest absolute Gasteiger partial charge is 0.404 e. The minimum absolute atomic E-state index is 0.0137. The monoisotopic (exact) mass is 354 g/mol. The molecule has 0 bridgehead atoms. The maximum atomic E-state index is 12.3. The molecule has 0 spiro atoms. The van der Waals surface area contributed by atoms with Crippen molar-refractivity contribution in [1.29, 1.82) is 0 Å². The normalized spacial score (nSPS) is 13.0. The van der Waals surface area contributed by atoms with Gasteiger partial charge in [-0.2, -0.15) is 0 Å². The first-order chi connectivity index (χ1) is 10.6. The first-order valence-corrected chi connectivity index (χ1v) is 8.17. The molecule has 0 heterocycles. The molecule has 130 valence electrons. The van der Waals surface area contributed by atoms with Crippen molar-refractivity contribution in [1.82, 2.24) is 4.72 Å². The molecule has 0 unspecified atom stereocenters. The number of alkyl halides is 3. The van der Waals surface area contributed by atoms with Gasteiger partial charge in [-0.15, -0.1) is 13.2 Å². The van der Waals surface area contributed by atoms with Gasteiger partial charge >= 0.3 is 6.36 Å². The highest BCUT2D eigenvalue weighted by Crippen LogP contribution is 2.29. The predicted octanol–water partition coefficient (Wildman–Crippen LogP) is 1.25. The first-order valence-electron chi connectivity index (χ1n) is 6.52. The van der Waals surface area contributed by atoms with Gasteiger partial charge in [-0.3, -0.25) is 4.99 Å². The molecule has 0 radical (unpaired) electrons. The summed E-state index contributed by atoms with van der Waals surface area (Å²) in [7, 11) is -3.33. The third-order valence-electron chi connectivity index (χ3n) is 2.47. The Hall–Kier alpha value is -2.01. The van der Waals surface area contributed by atoms with Crippen molar-refractivity contribution in [3.05, 3.63) is 24.3 Å². The van der Waals surface area contributed by atoms with Gasteiger partial charge in [0, 0.05) is 6.54 Å². The second-order valence-corrected chi connectivity index (χ2v) is 6.33. The summed E-state index contributed by atoms with van der Waals surface area (Å²) in [5, 5.41) is 2.47. The van der Waals surface area contributed by atoms with Gasteiger partial charge in [0.2, 0.25) is 10.0 Å². The molecule has 4 N–H and O–H groups in total. The van der Waals surface area contributed by atoms with Crippen molar-refractivity contribution < 1.29 is 26.3 Å². The summed E-state index contributed by atoms with van der Waals surface area (Å²) in [5.41, 5.74) is 5.53. The molecule has 1 aromatic rings. The van der Waals surface area contributed by atoms with Crippen LogP contribution in [-0.2, 0) is 10.0 Å². The fourth-order valence-electron chi connectivity index (χ4n) is 1.44. The van der Waals surface area contributed by atoms with Gasteiger partial charge in [-0.1, -0.05) is 12.1 Å². The average Bonchev–Trinajstić information content (AvgIpc) is 2.44. The number of hydrogen-bond acceptors (Lipinski definition) is 4. The van der Waals surface area contributed by atoms with Crippen LogP contribution in [0.5, 0.6) is 5.75 Å². The van der Waals surface area contributed by atoms with Crippen molar-refractivity contribution in [3.63, 3.8) is 0 Å². The maximum absolute atomic E-state index is 12.3. The summed E-state index contributed by atoms with van der Waals surface area (Å²) in [4.78, 5) is 3.81. The van der Waals surface area contributed by atoms with Gasteiger partial charge in [0.25, 0.3) is 0 Å². The van der Waals surface area contributed by atoms with Crippen LogP contribution in [0.3, 0.4) is 0 Å². The first kappa shape index (κ1) is 19.0. The SMILES string of the molecule is CCS(=O)(=O)NCCN=C(N)Nc1ccccc1OC(F)(F)F. The molecular formula is C12H17F3N4O3S. The fourth-order valence-corrected chi connectivity index (χ4v) is 2.05. The molecule has 0 fully saturated rings. The molecule has 0 saturated heterocycles. The summed E-state index contributed by atoms with van der Waals surface area (Å²) in [6.45, 7) is 1.54. The van der Waals surface area contributed by atoms with Crippen molar-refractivity contribution in [2.45, 2.75) is 13.3 Å². The topological polar surface area (TPSA) is 106 Å². The lowest BCUT2D eigenvalue weighted by atomic mass is 10.3. The van der Waals surface area contributed by atoms with E-state index in [4.69, 9.17) is 5.73 Å². The van der Waals surface area contributed by atoms with Gasteiger partial charge < -0.3 is 15.8 Å². The third-order valence-corrected chi connectivity index (χ3v) is 3.88. The van der Waals surface area contributed by atoms with Gasteiger partial charge in [0.15, 0.2) is 11.7 Å². The molecule has 1 rings (SSSR count). The number of halogens is 3. The van der Waals surface area contributed by atoms with E-state index < -0.39 is 22.1 Å².